The highest BCUT2D eigenvalue weighted by atomic mass is 32.2. The fourth-order valence-electron chi connectivity index (χ4n) is 11.6. The number of para-hydroxylation sites is 1. The number of oxime groups is 1. The van der Waals surface area contributed by atoms with E-state index in [1.54, 1.807) is 36.5 Å². The molecule has 14 nitrogen and oxygen atoms in total. The minimum absolute atomic E-state index is 0.0200. The summed E-state index contributed by atoms with van der Waals surface area (Å²) in [4.78, 5) is 24.4. The number of hydrogen-bond acceptors (Lipinski definition) is 12. The molecule has 4 aliphatic rings. The Morgan fingerprint density at radius 2 is 1.68 bits per heavy atom. The fraction of sp³-hybridized carbons (Fsp3) is 0.632. The predicted molar refractivity (Wildman–Crippen MR) is 281 cm³/mol. The lowest BCUT2D eigenvalue weighted by molar-refractivity contribution is -0.251. The van der Waals surface area contributed by atoms with Crippen molar-refractivity contribution in [1.29, 1.82) is 0 Å². The van der Waals surface area contributed by atoms with Gasteiger partial charge in [0.15, 0.2) is 0 Å². The first kappa shape index (κ1) is 55.4. The second kappa shape index (κ2) is 27.8. The van der Waals surface area contributed by atoms with Gasteiger partial charge in [0.25, 0.3) is 0 Å². The number of allylic oxidation sites excluding steroid dienone is 1. The Balaban J connectivity index is 1.31. The number of aromatic nitrogens is 1. The number of nitrogens with zero attached hydrogens (tertiary/aromatic N) is 3. The Kier molecular flexibility index (Phi) is 21.4. The molecule has 2 aliphatic carbocycles. The van der Waals surface area contributed by atoms with Crippen LogP contribution in [0.15, 0.2) is 89.1 Å². The molecule has 396 valence electrons. The highest BCUT2D eigenvalue weighted by Crippen LogP contribution is 2.62. The number of aliphatic hydroxyl groups excluding tert-OH is 2. The van der Waals surface area contributed by atoms with Crippen molar-refractivity contribution in [2.75, 3.05) is 39.5 Å². The van der Waals surface area contributed by atoms with E-state index in [0.29, 0.717) is 66.9 Å². The zero-order chi connectivity index (χ0) is 50.8. The van der Waals surface area contributed by atoms with E-state index < -0.39 is 40.2 Å². The van der Waals surface area contributed by atoms with Crippen LogP contribution in [0.25, 0.3) is 10.9 Å². The van der Waals surface area contributed by atoms with E-state index in [4.69, 9.17) is 28.9 Å². The van der Waals surface area contributed by atoms with Gasteiger partial charge in [-0.05, 0) is 99.1 Å². The number of hydrogen-bond donors (Lipinski definition) is 3. The van der Waals surface area contributed by atoms with E-state index >= 15 is 8.42 Å². The lowest BCUT2D eigenvalue weighted by atomic mass is 9.55. The van der Waals surface area contributed by atoms with Crippen LogP contribution in [0.5, 0.6) is 11.5 Å². The van der Waals surface area contributed by atoms with E-state index in [2.05, 4.69) is 29.9 Å². The van der Waals surface area contributed by atoms with Crippen molar-refractivity contribution in [1.82, 2.24) is 14.6 Å². The SMILES string of the molecule is C=CCO[C@@]12Oc3ccc(OC(=O)NCCCCCCCCCCCC)cc3[C@H]3[C@H](CCCCO)[C@@H](CCCCO)C=C(C(=NOC4CCCCO4)C[C@@H]1N(CCC)S(=O)(=O)c1cccc4cccnc14)[C@H]32. The molecule has 1 aromatic heterocycles. The Morgan fingerprint density at radius 3 is 2.40 bits per heavy atom. The number of pyridine rings is 1. The van der Waals surface area contributed by atoms with Crippen LogP contribution in [0.4, 0.5) is 4.79 Å². The van der Waals surface area contributed by atoms with Crippen LogP contribution < -0.4 is 14.8 Å². The topological polar surface area (TPSA) is 178 Å². The maximum Gasteiger partial charge on any atom is 0.412 e. The summed E-state index contributed by atoms with van der Waals surface area (Å²) in [6.45, 7) is 9.60. The van der Waals surface area contributed by atoms with Crippen LogP contribution in [0.1, 0.15) is 160 Å². The van der Waals surface area contributed by atoms with E-state index in [1.165, 1.54) is 49.3 Å². The van der Waals surface area contributed by atoms with Crippen LogP contribution in [0.2, 0.25) is 0 Å². The predicted octanol–water partition coefficient (Wildman–Crippen LogP) is 11.5. The van der Waals surface area contributed by atoms with Gasteiger partial charge in [-0.1, -0.05) is 120 Å². The highest BCUT2D eigenvalue weighted by Gasteiger charge is 2.66. The first-order valence-corrected chi connectivity index (χ1v) is 28.8. The molecule has 2 aromatic carbocycles. The number of fused-ring (bicyclic) bond motifs is 3. The van der Waals surface area contributed by atoms with E-state index in [0.717, 1.165) is 68.9 Å². The van der Waals surface area contributed by atoms with Crippen molar-refractivity contribution in [2.24, 2.45) is 22.9 Å². The van der Waals surface area contributed by atoms with E-state index in [9.17, 15) is 15.0 Å². The second-order valence-corrected chi connectivity index (χ2v) is 22.0. The normalized spacial score (nSPS) is 24.3. The monoisotopic (exact) mass is 1010 g/mol. The number of benzene rings is 2. The molecule has 0 radical (unpaired) electrons. The van der Waals surface area contributed by atoms with Crippen LogP contribution in [-0.2, 0) is 24.3 Å². The standard InChI is InChI=1S/C57H82N4O10S/c1-4-7-8-9-10-11-12-13-14-18-32-59-56(64)69-44-30-31-49-47(40-44)53-45(27-16-20-36-63)43(24-15-19-35-62)39-46-48(60-71-52-29-17-21-38-67-52)41-51(57(70-49,54(46)53)68-37-6-3)61(34-5-2)72(65,66)50-28-22-25-42-26-23-33-58-55(42)50/h6,22-23,25-26,28,30-31,33,39-40,43,45,51-54,62-63H,3-5,7-21,24,27,29,32,34-38,41H2,1-2H3,(H,59,64)/t43-,45+,51-,52?,53+,54+,57+/m0/s1. The van der Waals surface area contributed by atoms with Crippen molar-refractivity contribution in [3.63, 3.8) is 0 Å². The molecule has 1 saturated carbocycles. The van der Waals surface area contributed by atoms with Gasteiger partial charge >= 0.3 is 6.09 Å². The molecular formula is C57H82N4O10S. The minimum atomic E-state index is -4.33. The molecule has 7 atom stereocenters. The fourth-order valence-corrected chi connectivity index (χ4v) is 13.5. The maximum atomic E-state index is 15.7. The van der Waals surface area contributed by atoms with Crippen molar-refractivity contribution in [2.45, 2.75) is 178 Å². The Hall–Kier alpha value is -4.38. The summed E-state index contributed by atoms with van der Waals surface area (Å²) < 4.78 is 59.4. The molecule has 3 N–H and O–H groups in total. The van der Waals surface area contributed by atoms with Crippen molar-refractivity contribution in [3.05, 3.63) is 84.6 Å². The van der Waals surface area contributed by atoms with Gasteiger partial charge in [0, 0.05) is 62.2 Å². The van der Waals surface area contributed by atoms with Gasteiger partial charge in [0.05, 0.1) is 36.4 Å². The van der Waals surface area contributed by atoms with Gasteiger partial charge in [-0.25, -0.2) is 13.2 Å². The second-order valence-electron chi connectivity index (χ2n) is 20.1. The quantitative estimate of drug-likeness (QED) is 0.0329. The molecule has 0 spiro atoms. The zero-order valence-electron chi connectivity index (χ0n) is 43.0. The number of aliphatic hydroxyl groups is 2. The summed E-state index contributed by atoms with van der Waals surface area (Å²) in [7, 11) is -4.33. The number of carbonyl (C=O) groups excluding carboxylic acids is 1. The molecule has 1 amide bonds. The molecule has 3 heterocycles. The molecule has 2 fully saturated rings. The van der Waals surface area contributed by atoms with E-state index in [1.807, 2.05) is 31.2 Å². The molecule has 2 aliphatic heterocycles. The molecule has 0 bridgehead atoms. The number of nitrogens with one attached hydrogen (secondary N) is 1. The third kappa shape index (κ3) is 13.5. The number of carbonyl (C=O) groups is 1. The van der Waals surface area contributed by atoms with Gasteiger partial charge in [0.1, 0.15) is 16.4 Å². The van der Waals surface area contributed by atoms with Crippen LogP contribution in [0, 0.1) is 17.8 Å². The number of sulfonamides is 1. The Morgan fingerprint density at radius 1 is 0.931 bits per heavy atom. The lowest BCUT2D eigenvalue weighted by Gasteiger charge is -2.59. The third-order valence-corrected chi connectivity index (χ3v) is 17.0. The van der Waals surface area contributed by atoms with Crippen molar-refractivity contribution < 1.29 is 47.2 Å². The van der Waals surface area contributed by atoms with Crippen LogP contribution in [0.3, 0.4) is 0 Å². The van der Waals surface area contributed by atoms with Gasteiger partial charge < -0.3 is 39.3 Å². The van der Waals surface area contributed by atoms with Gasteiger partial charge in [-0.2, -0.15) is 4.31 Å². The average molecular weight is 1020 g/mol. The molecule has 15 heteroatoms. The largest absolute Gasteiger partial charge is 0.460 e. The molecule has 7 rings (SSSR count). The smallest absolute Gasteiger partial charge is 0.412 e. The summed E-state index contributed by atoms with van der Waals surface area (Å²) in [5.41, 5.74) is 2.60. The van der Waals surface area contributed by atoms with Crippen LogP contribution in [-0.4, -0.2) is 97.4 Å². The summed E-state index contributed by atoms with van der Waals surface area (Å²) in [6.07, 6.45) is 23.8. The van der Waals surface area contributed by atoms with E-state index in [-0.39, 0.29) is 55.4 Å². The first-order chi connectivity index (χ1) is 35.2. The number of amides is 1. The van der Waals surface area contributed by atoms with Gasteiger partial charge in [-0.15, -0.1) is 6.58 Å². The van der Waals surface area contributed by atoms with Gasteiger partial charge in [0.2, 0.25) is 22.1 Å². The lowest BCUT2D eigenvalue weighted by Crippen LogP contribution is -2.70. The van der Waals surface area contributed by atoms with Crippen molar-refractivity contribution >= 4 is 32.7 Å². The van der Waals surface area contributed by atoms with Gasteiger partial charge in [-0.3, -0.25) is 4.98 Å². The Bertz CT molecular complexity index is 2370. The summed E-state index contributed by atoms with van der Waals surface area (Å²) in [5.74, 6) is -1.88. The highest BCUT2D eigenvalue weighted by molar-refractivity contribution is 7.89. The summed E-state index contributed by atoms with van der Waals surface area (Å²) >= 11 is 0. The Labute approximate surface area is 429 Å². The first-order valence-electron chi connectivity index (χ1n) is 27.4. The molecular weight excluding hydrogens is 933 g/mol. The molecule has 3 aromatic rings. The third-order valence-electron chi connectivity index (χ3n) is 15.0. The molecule has 72 heavy (non-hydrogen) atoms. The zero-order valence-corrected chi connectivity index (χ0v) is 43.8. The van der Waals surface area contributed by atoms with Crippen molar-refractivity contribution in [3.8, 4) is 11.5 Å². The van der Waals surface area contributed by atoms with Crippen LogP contribution >= 0.6 is 0 Å². The summed E-state index contributed by atoms with van der Waals surface area (Å²) in [6, 6.07) is 13.3. The minimum Gasteiger partial charge on any atom is -0.460 e. The molecule has 1 unspecified atom stereocenters. The summed E-state index contributed by atoms with van der Waals surface area (Å²) in [5, 5.41) is 28.7. The number of unbranched alkanes of at least 4 members (excludes halogenated alkanes) is 11. The molecule has 1 saturated heterocycles. The number of rotatable bonds is 30. The maximum absolute atomic E-state index is 15.7. The number of ether oxygens (including phenoxy) is 4. The average Bonchev–Trinajstić information content (AvgIpc) is 3.39.